The van der Waals surface area contributed by atoms with Gasteiger partial charge in [0.2, 0.25) is 5.82 Å². The average Bonchev–Trinajstić information content (AvgIpc) is 3.26. The summed E-state index contributed by atoms with van der Waals surface area (Å²) >= 11 is 0. The van der Waals surface area contributed by atoms with Crippen LogP contribution in [0.3, 0.4) is 0 Å². The Morgan fingerprint density at radius 2 is 2.21 bits per heavy atom. The molecule has 0 radical (unpaired) electrons. The first kappa shape index (κ1) is 17.5. The molecule has 2 aliphatic rings. The summed E-state index contributed by atoms with van der Waals surface area (Å²) in [4.78, 5) is 3.27. The first-order valence-electron chi connectivity index (χ1n) is 9.48. The molecule has 1 aromatic rings. The first-order valence-corrected chi connectivity index (χ1v) is 9.48. The van der Waals surface area contributed by atoms with Gasteiger partial charge in [0.15, 0.2) is 0 Å². The molecule has 3 heterocycles. The summed E-state index contributed by atoms with van der Waals surface area (Å²) in [6.45, 7) is 13.6. The zero-order chi connectivity index (χ0) is 16.8. The van der Waals surface area contributed by atoms with Gasteiger partial charge >= 0.3 is 0 Å². The molecule has 0 aliphatic carbocycles. The van der Waals surface area contributed by atoms with Crippen LogP contribution in [0.25, 0.3) is 0 Å². The Labute approximate surface area is 144 Å². The summed E-state index contributed by atoms with van der Waals surface area (Å²) in [5, 5.41) is 12.7. The largest absolute Gasteiger partial charge is 0.376 e. The summed E-state index contributed by atoms with van der Waals surface area (Å²) in [7, 11) is 0. The van der Waals surface area contributed by atoms with E-state index in [-0.39, 0.29) is 6.10 Å². The van der Waals surface area contributed by atoms with Crippen molar-refractivity contribution >= 4 is 0 Å². The van der Waals surface area contributed by atoms with Crippen LogP contribution in [0, 0.1) is 0 Å². The SMILES string of the molecule is C=CC[NH+]1CC[NH+]([C@@H](CCC)c2nnnn2C[C@H]2CCCO2)CC1. The van der Waals surface area contributed by atoms with Gasteiger partial charge < -0.3 is 14.5 Å². The van der Waals surface area contributed by atoms with Crippen molar-refractivity contribution < 1.29 is 14.5 Å². The molecule has 0 bridgehead atoms. The number of piperazine rings is 1. The van der Waals surface area contributed by atoms with Crippen molar-refractivity contribution in [1.82, 2.24) is 20.2 Å². The lowest BCUT2D eigenvalue weighted by molar-refractivity contribution is -1.03. The van der Waals surface area contributed by atoms with E-state index in [1.165, 1.54) is 26.2 Å². The van der Waals surface area contributed by atoms with Gasteiger partial charge in [-0.2, -0.15) is 0 Å². The molecule has 2 N–H and O–H groups in total. The lowest BCUT2D eigenvalue weighted by Gasteiger charge is -2.33. The topological polar surface area (TPSA) is 61.7 Å². The van der Waals surface area contributed by atoms with E-state index < -0.39 is 0 Å². The van der Waals surface area contributed by atoms with Crippen LogP contribution in [-0.2, 0) is 11.3 Å². The van der Waals surface area contributed by atoms with Crippen LogP contribution in [0.1, 0.15) is 44.5 Å². The molecule has 0 spiro atoms. The van der Waals surface area contributed by atoms with E-state index in [1.54, 1.807) is 9.80 Å². The van der Waals surface area contributed by atoms with E-state index >= 15 is 0 Å². The summed E-state index contributed by atoms with van der Waals surface area (Å²) in [5.41, 5.74) is 0. The predicted molar refractivity (Wildman–Crippen MR) is 90.9 cm³/mol. The minimum absolute atomic E-state index is 0.276. The van der Waals surface area contributed by atoms with Crippen LogP contribution < -0.4 is 9.80 Å². The lowest BCUT2D eigenvalue weighted by Crippen LogP contribution is -3.28. The Hall–Kier alpha value is -1.31. The normalized spacial score (nSPS) is 28.8. The van der Waals surface area contributed by atoms with Crippen LogP contribution >= 0.6 is 0 Å². The Kier molecular flexibility index (Phi) is 6.34. The van der Waals surface area contributed by atoms with Gasteiger partial charge in [0.05, 0.1) is 19.2 Å². The maximum Gasteiger partial charge on any atom is 0.209 e. The molecule has 2 atom stereocenters. The van der Waals surface area contributed by atoms with Crippen molar-refractivity contribution in [2.24, 2.45) is 0 Å². The van der Waals surface area contributed by atoms with Crippen molar-refractivity contribution in [3.63, 3.8) is 0 Å². The maximum atomic E-state index is 5.77. The van der Waals surface area contributed by atoms with E-state index in [0.717, 1.165) is 51.2 Å². The van der Waals surface area contributed by atoms with E-state index in [0.29, 0.717) is 6.04 Å². The lowest BCUT2D eigenvalue weighted by atomic mass is 10.1. The van der Waals surface area contributed by atoms with Crippen molar-refractivity contribution in [2.75, 3.05) is 39.3 Å². The average molecular weight is 336 g/mol. The Balaban J connectivity index is 1.67. The second-order valence-electron chi connectivity index (χ2n) is 7.10. The van der Waals surface area contributed by atoms with Gasteiger partial charge in [-0.05, 0) is 29.3 Å². The number of aromatic nitrogens is 4. The summed E-state index contributed by atoms with van der Waals surface area (Å²) in [6, 6.07) is 0.400. The minimum Gasteiger partial charge on any atom is -0.376 e. The highest BCUT2D eigenvalue weighted by atomic mass is 16.5. The van der Waals surface area contributed by atoms with Gasteiger partial charge in [-0.3, -0.25) is 0 Å². The zero-order valence-corrected chi connectivity index (χ0v) is 14.9. The molecule has 24 heavy (non-hydrogen) atoms. The summed E-state index contributed by atoms with van der Waals surface area (Å²) in [5.74, 6) is 1.05. The number of hydrogen-bond acceptors (Lipinski definition) is 4. The van der Waals surface area contributed by atoms with Crippen LogP contribution in [0.2, 0.25) is 0 Å². The monoisotopic (exact) mass is 336 g/mol. The molecule has 3 rings (SSSR count). The van der Waals surface area contributed by atoms with E-state index in [1.807, 2.05) is 10.8 Å². The van der Waals surface area contributed by atoms with Gasteiger partial charge in [0.1, 0.15) is 32.2 Å². The highest BCUT2D eigenvalue weighted by Gasteiger charge is 2.33. The third-order valence-electron chi connectivity index (χ3n) is 5.37. The number of hydrogen-bond donors (Lipinski definition) is 2. The fourth-order valence-corrected chi connectivity index (χ4v) is 4.06. The van der Waals surface area contributed by atoms with E-state index in [2.05, 4.69) is 29.0 Å². The second kappa shape index (κ2) is 8.69. The van der Waals surface area contributed by atoms with Gasteiger partial charge in [0, 0.05) is 13.0 Å². The Morgan fingerprint density at radius 1 is 1.38 bits per heavy atom. The molecular weight excluding hydrogens is 304 g/mol. The van der Waals surface area contributed by atoms with Crippen LogP contribution in [0.15, 0.2) is 12.7 Å². The Morgan fingerprint density at radius 3 is 2.88 bits per heavy atom. The number of ether oxygens (including phenoxy) is 1. The fourth-order valence-electron chi connectivity index (χ4n) is 4.06. The minimum atomic E-state index is 0.276. The number of quaternary nitrogens is 2. The molecule has 134 valence electrons. The number of tetrazole rings is 1. The van der Waals surface area contributed by atoms with Crippen molar-refractivity contribution in [1.29, 1.82) is 0 Å². The molecule has 0 amide bonds. The molecule has 0 aromatic carbocycles. The molecule has 2 aliphatic heterocycles. The third kappa shape index (κ3) is 4.20. The second-order valence-corrected chi connectivity index (χ2v) is 7.10. The third-order valence-corrected chi connectivity index (χ3v) is 5.37. The van der Waals surface area contributed by atoms with Gasteiger partial charge in [-0.25, -0.2) is 4.68 Å². The maximum absolute atomic E-state index is 5.77. The summed E-state index contributed by atoms with van der Waals surface area (Å²) in [6.07, 6.45) is 6.88. The summed E-state index contributed by atoms with van der Waals surface area (Å²) < 4.78 is 7.78. The smallest absolute Gasteiger partial charge is 0.209 e. The molecule has 2 fully saturated rings. The highest BCUT2D eigenvalue weighted by Crippen LogP contribution is 2.17. The Bertz CT molecular complexity index is 505. The van der Waals surface area contributed by atoms with Crippen LogP contribution in [0.5, 0.6) is 0 Å². The van der Waals surface area contributed by atoms with Gasteiger partial charge in [-0.1, -0.05) is 19.9 Å². The number of nitrogens with one attached hydrogen (secondary N) is 2. The zero-order valence-electron chi connectivity index (χ0n) is 14.9. The highest BCUT2D eigenvalue weighted by molar-refractivity contribution is 4.88. The van der Waals surface area contributed by atoms with Crippen molar-refractivity contribution in [2.45, 2.75) is 51.3 Å². The number of nitrogens with zero attached hydrogens (tertiary/aromatic N) is 4. The van der Waals surface area contributed by atoms with Gasteiger partial charge in [-0.15, -0.1) is 5.10 Å². The van der Waals surface area contributed by atoms with Gasteiger partial charge in [0.25, 0.3) is 0 Å². The number of rotatable bonds is 8. The fraction of sp³-hybridized carbons (Fsp3) is 0.824. The molecule has 2 saturated heterocycles. The molecule has 7 heteroatoms. The first-order chi connectivity index (χ1) is 11.8. The molecular formula is C17H32N6O+2. The predicted octanol–water partition coefficient (Wildman–Crippen LogP) is -1.34. The van der Waals surface area contributed by atoms with Crippen LogP contribution in [-0.4, -0.2) is 65.6 Å². The van der Waals surface area contributed by atoms with E-state index in [4.69, 9.17) is 4.74 Å². The quantitative estimate of drug-likeness (QED) is 0.577. The standard InChI is InChI=1S/C17H30N6O/c1-3-6-16(22-11-9-21(8-4-2)10-12-22)17-18-19-20-23(17)14-15-7-5-13-24-15/h4,15-16H,2-3,5-14H2,1H3/p+2/t15-,16+/m1/s1. The molecule has 0 unspecified atom stereocenters. The molecule has 1 aromatic heterocycles. The van der Waals surface area contributed by atoms with Crippen molar-refractivity contribution in [3.8, 4) is 0 Å². The van der Waals surface area contributed by atoms with E-state index in [9.17, 15) is 0 Å². The van der Waals surface area contributed by atoms with Crippen LogP contribution in [0.4, 0.5) is 0 Å². The molecule has 7 nitrogen and oxygen atoms in total. The molecule has 0 saturated carbocycles. The van der Waals surface area contributed by atoms with Crippen molar-refractivity contribution in [3.05, 3.63) is 18.5 Å².